The summed E-state index contributed by atoms with van der Waals surface area (Å²) < 4.78 is 0. The molecule has 1 aromatic carbocycles. The highest BCUT2D eigenvalue weighted by molar-refractivity contribution is 6.28. The van der Waals surface area contributed by atoms with Gasteiger partial charge in [-0.05, 0) is 37.7 Å². The van der Waals surface area contributed by atoms with E-state index in [0.29, 0.717) is 5.69 Å². The number of nitrogens with zero attached hydrogens (tertiary/aromatic N) is 1. The Balaban J connectivity index is 2.04. The molecular formula is C15H16N2O2. The van der Waals surface area contributed by atoms with Crippen LogP contribution in [0.3, 0.4) is 0 Å². The first-order chi connectivity index (χ1) is 9.22. The van der Waals surface area contributed by atoms with E-state index in [0.717, 1.165) is 23.4 Å². The molecule has 1 heterocycles. The van der Waals surface area contributed by atoms with E-state index in [2.05, 4.69) is 11.4 Å². The third-order valence-corrected chi connectivity index (χ3v) is 2.83. The molecule has 0 aliphatic carbocycles. The molecule has 98 valence electrons. The van der Waals surface area contributed by atoms with Crippen molar-refractivity contribution in [1.29, 1.82) is 0 Å². The maximum Gasteiger partial charge on any atom is 0.258 e. The summed E-state index contributed by atoms with van der Waals surface area (Å²) in [6.07, 6.45) is 7.64. The Bertz CT molecular complexity index is 512. The summed E-state index contributed by atoms with van der Waals surface area (Å²) in [7, 11) is 1.92. The van der Waals surface area contributed by atoms with Gasteiger partial charge in [-0.25, -0.2) is 4.90 Å². The van der Waals surface area contributed by atoms with E-state index in [-0.39, 0.29) is 11.8 Å². The zero-order valence-electron chi connectivity index (χ0n) is 10.8. The van der Waals surface area contributed by atoms with Crippen LogP contribution in [0.5, 0.6) is 0 Å². The smallest absolute Gasteiger partial charge is 0.258 e. The molecule has 4 nitrogen and oxygen atoms in total. The molecule has 0 saturated heterocycles. The Morgan fingerprint density at radius 3 is 2.32 bits per heavy atom. The van der Waals surface area contributed by atoms with E-state index in [1.54, 1.807) is 12.1 Å². The molecule has 0 spiro atoms. The van der Waals surface area contributed by atoms with Crippen LogP contribution in [0.25, 0.3) is 6.08 Å². The summed E-state index contributed by atoms with van der Waals surface area (Å²) in [4.78, 5) is 24.2. The number of carbonyl (C=O) groups is 2. The zero-order chi connectivity index (χ0) is 13.7. The molecule has 0 radical (unpaired) electrons. The molecule has 0 saturated carbocycles. The van der Waals surface area contributed by atoms with Gasteiger partial charge in [0.1, 0.15) is 0 Å². The van der Waals surface area contributed by atoms with Gasteiger partial charge in [-0.1, -0.05) is 24.3 Å². The largest absolute Gasteiger partial charge is 0.319 e. The second-order valence-electron chi connectivity index (χ2n) is 4.23. The van der Waals surface area contributed by atoms with Crippen molar-refractivity contribution in [3.05, 3.63) is 48.1 Å². The number of carbonyl (C=O) groups excluding carboxylic acids is 2. The lowest BCUT2D eigenvalue weighted by molar-refractivity contribution is -0.119. The zero-order valence-corrected chi connectivity index (χ0v) is 10.8. The van der Waals surface area contributed by atoms with Crippen molar-refractivity contribution in [2.24, 2.45) is 0 Å². The van der Waals surface area contributed by atoms with Gasteiger partial charge in [0.25, 0.3) is 11.8 Å². The van der Waals surface area contributed by atoms with Gasteiger partial charge in [-0.15, -0.1) is 0 Å². The lowest BCUT2D eigenvalue weighted by Crippen LogP contribution is -2.29. The predicted molar refractivity (Wildman–Crippen MR) is 75.7 cm³/mol. The van der Waals surface area contributed by atoms with Crippen LogP contribution >= 0.6 is 0 Å². The molecule has 2 rings (SSSR count). The molecule has 1 aromatic rings. The Kier molecular flexibility index (Phi) is 4.26. The minimum Gasteiger partial charge on any atom is -0.319 e. The standard InChI is InChI=1S/C15H16N2O2/c1-16-11-3-2-4-12-5-7-13(8-6-12)17-14(18)9-10-15(17)19/h2,4-10,16H,3,11H2,1H3. The summed E-state index contributed by atoms with van der Waals surface area (Å²) >= 11 is 0. The van der Waals surface area contributed by atoms with Gasteiger partial charge >= 0.3 is 0 Å². The van der Waals surface area contributed by atoms with Crippen molar-refractivity contribution in [2.75, 3.05) is 18.5 Å². The highest BCUT2D eigenvalue weighted by Gasteiger charge is 2.24. The SMILES string of the molecule is CNCCC=Cc1ccc(N2C(=O)C=CC2=O)cc1. The van der Waals surface area contributed by atoms with Crippen LogP contribution in [0.4, 0.5) is 5.69 Å². The van der Waals surface area contributed by atoms with Crippen molar-refractivity contribution in [3.8, 4) is 0 Å². The average Bonchev–Trinajstić information content (AvgIpc) is 2.75. The number of hydrogen-bond acceptors (Lipinski definition) is 3. The first kappa shape index (κ1) is 13.2. The number of nitrogens with one attached hydrogen (secondary N) is 1. The fourth-order valence-electron chi connectivity index (χ4n) is 1.84. The van der Waals surface area contributed by atoms with Crippen LogP contribution in [0.2, 0.25) is 0 Å². The van der Waals surface area contributed by atoms with Crippen LogP contribution in [0.1, 0.15) is 12.0 Å². The Labute approximate surface area is 112 Å². The van der Waals surface area contributed by atoms with Gasteiger partial charge in [-0.3, -0.25) is 9.59 Å². The summed E-state index contributed by atoms with van der Waals surface area (Å²) in [5, 5.41) is 3.07. The van der Waals surface area contributed by atoms with Gasteiger partial charge in [0, 0.05) is 12.2 Å². The van der Waals surface area contributed by atoms with Gasteiger partial charge in [0.05, 0.1) is 5.69 Å². The fourth-order valence-corrected chi connectivity index (χ4v) is 1.84. The van der Waals surface area contributed by atoms with Crippen LogP contribution in [-0.4, -0.2) is 25.4 Å². The third-order valence-electron chi connectivity index (χ3n) is 2.83. The van der Waals surface area contributed by atoms with Crippen molar-refractivity contribution in [2.45, 2.75) is 6.42 Å². The van der Waals surface area contributed by atoms with E-state index in [1.807, 2.05) is 25.3 Å². The molecule has 0 fully saturated rings. The van der Waals surface area contributed by atoms with Crippen molar-refractivity contribution >= 4 is 23.6 Å². The second kappa shape index (κ2) is 6.11. The van der Waals surface area contributed by atoms with Crippen molar-refractivity contribution in [3.63, 3.8) is 0 Å². The first-order valence-corrected chi connectivity index (χ1v) is 6.19. The molecule has 0 unspecified atom stereocenters. The molecular weight excluding hydrogens is 240 g/mol. The quantitative estimate of drug-likeness (QED) is 0.645. The molecule has 19 heavy (non-hydrogen) atoms. The van der Waals surface area contributed by atoms with E-state index < -0.39 is 0 Å². The summed E-state index contributed by atoms with van der Waals surface area (Å²) in [5.74, 6) is -0.579. The van der Waals surface area contributed by atoms with Gasteiger partial charge in [0.2, 0.25) is 0 Å². The van der Waals surface area contributed by atoms with Crippen LogP contribution in [0.15, 0.2) is 42.5 Å². The van der Waals surface area contributed by atoms with Gasteiger partial charge in [-0.2, -0.15) is 0 Å². The summed E-state index contributed by atoms with van der Waals surface area (Å²) in [5.41, 5.74) is 1.65. The number of benzene rings is 1. The monoisotopic (exact) mass is 256 g/mol. The van der Waals surface area contributed by atoms with Crippen molar-refractivity contribution < 1.29 is 9.59 Å². The Morgan fingerprint density at radius 2 is 1.74 bits per heavy atom. The Hall–Kier alpha value is -2.20. The Morgan fingerprint density at radius 1 is 1.11 bits per heavy atom. The fraction of sp³-hybridized carbons (Fsp3) is 0.200. The van der Waals surface area contributed by atoms with Crippen molar-refractivity contribution in [1.82, 2.24) is 5.32 Å². The first-order valence-electron chi connectivity index (χ1n) is 6.19. The molecule has 4 heteroatoms. The average molecular weight is 256 g/mol. The molecule has 0 bridgehead atoms. The van der Waals surface area contributed by atoms with Gasteiger partial charge in [0.15, 0.2) is 0 Å². The lowest BCUT2D eigenvalue weighted by Gasteiger charge is -2.13. The molecule has 0 aromatic heterocycles. The highest BCUT2D eigenvalue weighted by Crippen LogP contribution is 2.19. The minimum absolute atomic E-state index is 0.290. The number of anilines is 1. The van der Waals surface area contributed by atoms with E-state index in [1.165, 1.54) is 12.2 Å². The normalized spacial score (nSPS) is 14.9. The number of hydrogen-bond donors (Lipinski definition) is 1. The van der Waals surface area contributed by atoms with E-state index >= 15 is 0 Å². The predicted octanol–water partition coefficient (Wildman–Crippen LogP) is 1.74. The van der Waals surface area contributed by atoms with E-state index in [9.17, 15) is 9.59 Å². The number of imide groups is 1. The molecule has 1 aliphatic heterocycles. The molecule has 1 N–H and O–H groups in total. The van der Waals surface area contributed by atoms with Crippen LogP contribution in [0, 0.1) is 0 Å². The molecule has 2 amide bonds. The lowest BCUT2D eigenvalue weighted by atomic mass is 10.1. The van der Waals surface area contributed by atoms with Gasteiger partial charge < -0.3 is 5.32 Å². The summed E-state index contributed by atoms with van der Waals surface area (Å²) in [6.45, 7) is 0.942. The van der Waals surface area contributed by atoms with Crippen LogP contribution in [-0.2, 0) is 9.59 Å². The maximum absolute atomic E-state index is 11.5. The van der Waals surface area contributed by atoms with E-state index in [4.69, 9.17) is 0 Å². The third kappa shape index (κ3) is 3.17. The highest BCUT2D eigenvalue weighted by atomic mass is 16.2. The second-order valence-corrected chi connectivity index (χ2v) is 4.23. The number of rotatable bonds is 5. The minimum atomic E-state index is -0.290. The topological polar surface area (TPSA) is 49.4 Å². The molecule has 1 aliphatic rings. The summed E-state index contributed by atoms with van der Waals surface area (Å²) in [6, 6.07) is 7.34. The van der Waals surface area contributed by atoms with Crippen LogP contribution < -0.4 is 10.2 Å². The number of amides is 2. The maximum atomic E-state index is 11.5. The molecule has 0 atom stereocenters.